The second-order valence-corrected chi connectivity index (χ2v) is 5.93. The molecule has 1 nitrogen and oxygen atoms in total. The van der Waals surface area contributed by atoms with Crippen molar-refractivity contribution < 1.29 is 0 Å². The molecule has 0 bridgehead atoms. The van der Waals surface area contributed by atoms with Crippen molar-refractivity contribution in [3.05, 3.63) is 89.1 Å². The van der Waals surface area contributed by atoms with Crippen LogP contribution in [0.15, 0.2) is 83.5 Å². The van der Waals surface area contributed by atoms with Crippen molar-refractivity contribution in [3.63, 3.8) is 0 Å². The second-order valence-electron chi connectivity index (χ2n) is 5.02. The van der Waals surface area contributed by atoms with Crippen LogP contribution in [0.3, 0.4) is 0 Å². The maximum atomic E-state index is 4.39. The van der Waals surface area contributed by atoms with Gasteiger partial charge in [0.25, 0.3) is 0 Å². The van der Waals surface area contributed by atoms with E-state index in [1.165, 1.54) is 5.56 Å². The van der Waals surface area contributed by atoms with Gasteiger partial charge in [0.05, 0.1) is 5.69 Å². The molecule has 0 spiro atoms. The molecular weight excluding hydrogens is 322 g/mol. The van der Waals surface area contributed by atoms with E-state index in [1.54, 1.807) is 0 Å². The number of aromatic nitrogens is 1. The molecule has 1 aromatic heterocycles. The molecule has 0 radical (unpaired) electrons. The molecule has 1 aliphatic rings. The van der Waals surface area contributed by atoms with E-state index < -0.39 is 0 Å². The first-order valence-electron chi connectivity index (χ1n) is 7.05. The van der Waals surface area contributed by atoms with Gasteiger partial charge in [-0.15, -0.1) is 0 Å². The first kappa shape index (κ1) is 14.0. The maximum Gasteiger partial charge on any atom is 0.0701 e. The molecule has 1 aliphatic carbocycles. The first-order valence-corrected chi connectivity index (χ1v) is 7.84. The summed E-state index contributed by atoms with van der Waals surface area (Å²) < 4.78 is 1.13. The van der Waals surface area contributed by atoms with Crippen molar-refractivity contribution in [1.29, 1.82) is 0 Å². The van der Waals surface area contributed by atoms with Gasteiger partial charge in [-0.2, -0.15) is 0 Å². The van der Waals surface area contributed by atoms with Gasteiger partial charge in [-0.05, 0) is 30.2 Å². The fourth-order valence-electron chi connectivity index (χ4n) is 2.43. The number of pyridine rings is 1. The molecule has 104 valence electrons. The summed E-state index contributed by atoms with van der Waals surface area (Å²) in [5, 5.41) is 0. The average molecular weight is 338 g/mol. The predicted molar refractivity (Wildman–Crippen MR) is 92.3 cm³/mol. The summed E-state index contributed by atoms with van der Waals surface area (Å²) in [6.07, 6.45) is 13.5. The van der Waals surface area contributed by atoms with E-state index in [0.717, 1.165) is 22.2 Å². The van der Waals surface area contributed by atoms with Crippen molar-refractivity contribution >= 4 is 15.9 Å². The van der Waals surface area contributed by atoms with E-state index in [-0.39, 0.29) is 0 Å². The standard InChI is InChI=1S/C19H16BrN/c20-18-7-3-1-2-6-17(14-18)15-9-11-16(12-10-15)19-8-4-5-13-21-19/h1-5,7-14,17H,6H2/b2-1+,7-3-,18-14-. The van der Waals surface area contributed by atoms with Crippen LogP contribution in [0.2, 0.25) is 0 Å². The molecule has 21 heavy (non-hydrogen) atoms. The van der Waals surface area contributed by atoms with Gasteiger partial charge in [0, 0.05) is 22.2 Å². The zero-order valence-corrected chi connectivity index (χ0v) is 13.2. The van der Waals surface area contributed by atoms with Crippen molar-refractivity contribution in [1.82, 2.24) is 4.98 Å². The third kappa shape index (κ3) is 3.59. The van der Waals surface area contributed by atoms with Crippen LogP contribution in [0, 0.1) is 0 Å². The van der Waals surface area contributed by atoms with Gasteiger partial charge in [-0.1, -0.05) is 70.6 Å². The summed E-state index contributed by atoms with van der Waals surface area (Å²) in [6.45, 7) is 0. The van der Waals surface area contributed by atoms with Crippen molar-refractivity contribution in [3.8, 4) is 11.3 Å². The quantitative estimate of drug-likeness (QED) is 0.692. The number of nitrogens with zero attached hydrogens (tertiary/aromatic N) is 1. The summed E-state index contributed by atoms with van der Waals surface area (Å²) in [5.41, 5.74) is 3.50. The summed E-state index contributed by atoms with van der Waals surface area (Å²) in [5.74, 6) is 0.401. The molecule has 3 rings (SSSR count). The Balaban J connectivity index is 1.87. The lowest BCUT2D eigenvalue weighted by molar-refractivity contribution is 0.861. The van der Waals surface area contributed by atoms with E-state index in [1.807, 2.05) is 24.4 Å². The van der Waals surface area contributed by atoms with E-state index in [9.17, 15) is 0 Å². The van der Waals surface area contributed by atoms with Crippen LogP contribution in [-0.4, -0.2) is 4.98 Å². The zero-order valence-electron chi connectivity index (χ0n) is 11.6. The van der Waals surface area contributed by atoms with Gasteiger partial charge in [-0.3, -0.25) is 4.98 Å². The highest BCUT2D eigenvalue weighted by Gasteiger charge is 2.09. The number of rotatable bonds is 2. The van der Waals surface area contributed by atoms with Crippen LogP contribution in [0.1, 0.15) is 17.9 Å². The monoisotopic (exact) mass is 337 g/mol. The van der Waals surface area contributed by atoms with Crippen molar-refractivity contribution in [2.24, 2.45) is 0 Å². The third-order valence-corrected chi connectivity index (χ3v) is 4.08. The van der Waals surface area contributed by atoms with Gasteiger partial charge >= 0.3 is 0 Å². The smallest absolute Gasteiger partial charge is 0.0701 e. The number of halogens is 1. The Morgan fingerprint density at radius 2 is 1.86 bits per heavy atom. The van der Waals surface area contributed by atoms with Crippen LogP contribution in [0.5, 0.6) is 0 Å². The molecule has 1 aromatic carbocycles. The molecule has 0 aliphatic heterocycles. The molecule has 2 aromatic rings. The van der Waals surface area contributed by atoms with Crippen LogP contribution < -0.4 is 0 Å². The number of hydrogen-bond donors (Lipinski definition) is 0. The van der Waals surface area contributed by atoms with E-state index in [4.69, 9.17) is 0 Å². The molecule has 0 N–H and O–H groups in total. The Labute approximate surface area is 133 Å². The second kappa shape index (κ2) is 6.68. The highest BCUT2D eigenvalue weighted by Crippen LogP contribution is 2.28. The Morgan fingerprint density at radius 1 is 1.00 bits per heavy atom. The summed E-state index contributed by atoms with van der Waals surface area (Å²) in [7, 11) is 0. The molecule has 0 fully saturated rings. The van der Waals surface area contributed by atoms with Crippen LogP contribution >= 0.6 is 15.9 Å². The highest BCUT2D eigenvalue weighted by molar-refractivity contribution is 9.11. The predicted octanol–water partition coefficient (Wildman–Crippen LogP) is 5.63. The lowest BCUT2D eigenvalue weighted by Crippen LogP contribution is -1.95. The van der Waals surface area contributed by atoms with Gasteiger partial charge in [-0.25, -0.2) is 0 Å². The summed E-state index contributed by atoms with van der Waals surface area (Å²) >= 11 is 3.59. The first-order chi connectivity index (χ1) is 10.3. The van der Waals surface area contributed by atoms with Crippen LogP contribution in [-0.2, 0) is 0 Å². The van der Waals surface area contributed by atoms with Crippen molar-refractivity contribution in [2.45, 2.75) is 12.3 Å². The minimum Gasteiger partial charge on any atom is -0.256 e. The lowest BCUT2D eigenvalue weighted by Gasteiger charge is -2.13. The topological polar surface area (TPSA) is 12.9 Å². The SMILES string of the molecule is BrC1=C\C(c2ccc(-c3ccccn3)cc2)C/C=C/C=C\1. The van der Waals surface area contributed by atoms with Crippen LogP contribution in [0.25, 0.3) is 11.3 Å². The van der Waals surface area contributed by atoms with Crippen molar-refractivity contribution in [2.75, 3.05) is 0 Å². The fourth-order valence-corrected chi connectivity index (χ4v) is 2.91. The molecule has 0 amide bonds. The molecule has 0 saturated carbocycles. The largest absolute Gasteiger partial charge is 0.256 e. The highest BCUT2D eigenvalue weighted by atomic mass is 79.9. The minimum atomic E-state index is 0.401. The molecule has 1 atom stereocenters. The van der Waals surface area contributed by atoms with Gasteiger partial charge in [0.15, 0.2) is 0 Å². The Kier molecular flexibility index (Phi) is 4.46. The van der Waals surface area contributed by atoms with Gasteiger partial charge in [0.1, 0.15) is 0 Å². The van der Waals surface area contributed by atoms with E-state index in [2.05, 4.69) is 75.6 Å². The molecule has 2 heteroatoms. The Bertz CT molecular complexity index is 681. The Hall–Kier alpha value is -1.93. The van der Waals surface area contributed by atoms with Crippen LogP contribution in [0.4, 0.5) is 0 Å². The maximum absolute atomic E-state index is 4.39. The lowest BCUT2D eigenvalue weighted by atomic mass is 9.93. The normalized spacial score (nSPS) is 23.5. The molecule has 0 saturated heterocycles. The Morgan fingerprint density at radius 3 is 2.62 bits per heavy atom. The molecular formula is C19H16BrN. The zero-order chi connectivity index (χ0) is 14.5. The van der Waals surface area contributed by atoms with Gasteiger partial charge in [0.2, 0.25) is 0 Å². The number of benzene rings is 1. The summed E-state index contributed by atoms with van der Waals surface area (Å²) in [6, 6.07) is 14.7. The van der Waals surface area contributed by atoms with E-state index in [0.29, 0.717) is 5.92 Å². The minimum absolute atomic E-state index is 0.401. The molecule has 1 unspecified atom stereocenters. The van der Waals surface area contributed by atoms with E-state index >= 15 is 0 Å². The summed E-state index contributed by atoms with van der Waals surface area (Å²) in [4.78, 5) is 4.39. The molecule has 1 heterocycles. The number of allylic oxidation sites excluding steroid dienone is 6. The average Bonchev–Trinajstić information content (AvgIpc) is 2.52. The third-order valence-electron chi connectivity index (χ3n) is 3.55. The fraction of sp³-hybridized carbons (Fsp3) is 0.105. The number of hydrogen-bond acceptors (Lipinski definition) is 1. The van der Waals surface area contributed by atoms with Gasteiger partial charge < -0.3 is 0 Å².